The topological polar surface area (TPSA) is 58.4 Å². The molecule has 128 valence electrons. The molecule has 1 saturated heterocycles. The van der Waals surface area contributed by atoms with Crippen LogP contribution in [0.25, 0.3) is 0 Å². The van der Waals surface area contributed by atoms with Crippen LogP contribution in [-0.2, 0) is 12.8 Å². The zero-order valence-electron chi connectivity index (χ0n) is 14.8. The molecule has 1 aliphatic heterocycles. The van der Waals surface area contributed by atoms with E-state index in [-0.39, 0.29) is 17.4 Å². The number of hydrogen-bond donors (Lipinski definition) is 1. The summed E-state index contributed by atoms with van der Waals surface area (Å²) in [6, 6.07) is 0.257. The SMILES string of the molecule is CN1CCC(NC(=O)c2noc3c2C[C@@H](C(C)(C)C)CC3)CC1. The minimum atomic E-state index is -0.0564. The fraction of sp³-hybridized carbons (Fsp3) is 0.778. The molecule has 5 heteroatoms. The Hall–Kier alpha value is -1.36. The highest BCUT2D eigenvalue weighted by molar-refractivity contribution is 5.94. The number of fused-ring (bicyclic) bond motifs is 1. The molecule has 1 aromatic rings. The van der Waals surface area contributed by atoms with Crippen LogP contribution in [0.5, 0.6) is 0 Å². The third kappa shape index (κ3) is 3.60. The number of amides is 1. The molecule has 0 aromatic carbocycles. The van der Waals surface area contributed by atoms with Crippen LogP contribution in [0.4, 0.5) is 0 Å². The van der Waals surface area contributed by atoms with Crippen molar-refractivity contribution in [1.82, 2.24) is 15.4 Å². The second-order valence-corrected chi connectivity index (χ2v) is 8.29. The fourth-order valence-electron chi connectivity index (χ4n) is 3.73. The summed E-state index contributed by atoms with van der Waals surface area (Å²) >= 11 is 0. The van der Waals surface area contributed by atoms with Gasteiger partial charge in [0.15, 0.2) is 5.69 Å². The molecule has 1 N–H and O–H groups in total. The lowest BCUT2D eigenvalue weighted by Crippen LogP contribution is -2.43. The highest BCUT2D eigenvalue weighted by atomic mass is 16.5. The molecule has 0 saturated carbocycles. The highest BCUT2D eigenvalue weighted by Gasteiger charge is 2.34. The Morgan fingerprint density at radius 1 is 1.26 bits per heavy atom. The number of aromatic nitrogens is 1. The van der Waals surface area contributed by atoms with E-state index in [1.807, 2.05) is 0 Å². The number of rotatable bonds is 2. The first-order valence-electron chi connectivity index (χ1n) is 8.81. The van der Waals surface area contributed by atoms with E-state index in [1.165, 1.54) is 0 Å². The van der Waals surface area contributed by atoms with Crippen LogP contribution in [0, 0.1) is 11.3 Å². The van der Waals surface area contributed by atoms with Crippen LogP contribution >= 0.6 is 0 Å². The number of aryl methyl sites for hydroxylation is 1. The van der Waals surface area contributed by atoms with Crippen molar-refractivity contribution >= 4 is 5.91 Å². The molecule has 0 bridgehead atoms. The van der Waals surface area contributed by atoms with Crippen LogP contribution in [0.15, 0.2) is 4.52 Å². The summed E-state index contributed by atoms with van der Waals surface area (Å²) in [4.78, 5) is 14.9. The van der Waals surface area contributed by atoms with E-state index < -0.39 is 0 Å². The molecule has 1 aromatic heterocycles. The second kappa shape index (κ2) is 6.27. The van der Waals surface area contributed by atoms with Crippen molar-refractivity contribution in [3.05, 3.63) is 17.0 Å². The summed E-state index contributed by atoms with van der Waals surface area (Å²) in [5.74, 6) is 1.43. The number of carbonyl (C=O) groups excluding carboxylic acids is 1. The van der Waals surface area contributed by atoms with Crippen LogP contribution in [0.3, 0.4) is 0 Å². The Kier molecular flexibility index (Phi) is 4.50. The maximum atomic E-state index is 12.6. The number of likely N-dealkylation sites (tertiary alicyclic amines) is 1. The van der Waals surface area contributed by atoms with Gasteiger partial charge in [-0.1, -0.05) is 25.9 Å². The maximum Gasteiger partial charge on any atom is 0.273 e. The first-order valence-corrected chi connectivity index (χ1v) is 8.81. The van der Waals surface area contributed by atoms with Gasteiger partial charge in [-0.15, -0.1) is 0 Å². The van der Waals surface area contributed by atoms with Gasteiger partial charge in [-0.3, -0.25) is 4.79 Å². The van der Waals surface area contributed by atoms with Gasteiger partial charge in [-0.25, -0.2) is 0 Å². The fourth-order valence-corrected chi connectivity index (χ4v) is 3.73. The molecule has 2 aliphatic rings. The van der Waals surface area contributed by atoms with Gasteiger partial charge < -0.3 is 14.7 Å². The Morgan fingerprint density at radius 3 is 2.61 bits per heavy atom. The van der Waals surface area contributed by atoms with Crippen molar-refractivity contribution < 1.29 is 9.32 Å². The first-order chi connectivity index (χ1) is 10.8. The van der Waals surface area contributed by atoms with E-state index in [9.17, 15) is 4.79 Å². The molecule has 2 heterocycles. The van der Waals surface area contributed by atoms with Gasteiger partial charge in [0.25, 0.3) is 5.91 Å². The molecule has 3 rings (SSSR count). The number of nitrogens with zero attached hydrogens (tertiary/aromatic N) is 2. The standard InChI is InChI=1S/C18H29N3O2/c1-18(2,3)12-5-6-15-14(11-12)16(20-23-15)17(22)19-13-7-9-21(4)10-8-13/h12-13H,5-11H2,1-4H3,(H,19,22)/t12-/m0/s1. The molecule has 1 atom stereocenters. The number of nitrogens with one attached hydrogen (secondary N) is 1. The Bertz CT molecular complexity index is 565. The summed E-state index contributed by atoms with van der Waals surface area (Å²) in [6.45, 7) is 8.89. The van der Waals surface area contributed by atoms with Crippen molar-refractivity contribution in [1.29, 1.82) is 0 Å². The molecular weight excluding hydrogens is 290 g/mol. The van der Waals surface area contributed by atoms with Crippen LogP contribution < -0.4 is 5.32 Å². The van der Waals surface area contributed by atoms with Crippen LogP contribution in [-0.4, -0.2) is 42.1 Å². The third-order valence-corrected chi connectivity index (χ3v) is 5.53. The smallest absolute Gasteiger partial charge is 0.273 e. The molecule has 5 nitrogen and oxygen atoms in total. The minimum Gasteiger partial charge on any atom is -0.360 e. The number of hydrogen-bond acceptors (Lipinski definition) is 4. The van der Waals surface area contributed by atoms with Crippen LogP contribution in [0.1, 0.15) is 61.8 Å². The summed E-state index contributed by atoms with van der Waals surface area (Å²) in [5, 5.41) is 7.25. The molecule has 0 unspecified atom stereocenters. The average molecular weight is 319 g/mol. The number of piperidine rings is 1. The van der Waals surface area contributed by atoms with Gasteiger partial charge in [-0.05, 0) is 57.2 Å². The van der Waals surface area contributed by atoms with Gasteiger partial charge in [0.2, 0.25) is 0 Å². The normalized spacial score (nSPS) is 23.6. The van der Waals surface area contributed by atoms with Gasteiger partial charge >= 0.3 is 0 Å². The van der Waals surface area contributed by atoms with Crippen molar-refractivity contribution in [2.75, 3.05) is 20.1 Å². The van der Waals surface area contributed by atoms with Gasteiger partial charge in [0.05, 0.1) is 0 Å². The third-order valence-electron chi connectivity index (χ3n) is 5.53. The Morgan fingerprint density at radius 2 is 1.96 bits per heavy atom. The quantitative estimate of drug-likeness (QED) is 0.910. The molecule has 1 fully saturated rings. The van der Waals surface area contributed by atoms with E-state index in [0.717, 1.165) is 56.5 Å². The maximum absolute atomic E-state index is 12.6. The molecule has 1 amide bonds. The molecule has 0 spiro atoms. The van der Waals surface area contributed by atoms with Crippen molar-refractivity contribution in [3.8, 4) is 0 Å². The van der Waals surface area contributed by atoms with Gasteiger partial charge in [0, 0.05) is 18.0 Å². The lowest BCUT2D eigenvalue weighted by Gasteiger charge is -2.33. The minimum absolute atomic E-state index is 0.0564. The Balaban J connectivity index is 1.70. The number of carbonyl (C=O) groups is 1. The zero-order chi connectivity index (χ0) is 16.6. The first kappa shape index (κ1) is 16.5. The van der Waals surface area contributed by atoms with Crippen LogP contribution in [0.2, 0.25) is 0 Å². The summed E-state index contributed by atoms with van der Waals surface area (Å²) < 4.78 is 5.46. The van der Waals surface area contributed by atoms with Crippen molar-refractivity contribution in [3.63, 3.8) is 0 Å². The largest absolute Gasteiger partial charge is 0.360 e. The second-order valence-electron chi connectivity index (χ2n) is 8.29. The van der Waals surface area contributed by atoms with Gasteiger partial charge in [-0.2, -0.15) is 0 Å². The lowest BCUT2D eigenvalue weighted by molar-refractivity contribution is 0.0906. The lowest BCUT2D eigenvalue weighted by atomic mass is 9.71. The van der Waals surface area contributed by atoms with Crippen molar-refractivity contribution in [2.45, 2.75) is 58.9 Å². The van der Waals surface area contributed by atoms with E-state index in [0.29, 0.717) is 11.6 Å². The molecule has 0 radical (unpaired) electrons. The predicted octanol–water partition coefficient (Wildman–Crippen LogP) is 2.65. The summed E-state index contributed by atoms with van der Waals surface area (Å²) in [7, 11) is 2.12. The monoisotopic (exact) mass is 319 g/mol. The summed E-state index contributed by atoms with van der Waals surface area (Å²) in [5.41, 5.74) is 1.81. The zero-order valence-corrected chi connectivity index (χ0v) is 14.8. The highest BCUT2D eigenvalue weighted by Crippen LogP contribution is 2.38. The predicted molar refractivity (Wildman–Crippen MR) is 89.5 cm³/mol. The Labute approximate surface area is 138 Å². The van der Waals surface area contributed by atoms with Gasteiger partial charge in [0.1, 0.15) is 5.76 Å². The van der Waals surface area contributed by atoms with E-state index in [2.05, 4.69) is 43.2 Å². The van der Waals surface area contributed by atoms with E-state index in [1.54, 1.807) is 0 Å². The molecule has 23 heavy (non-hydrogen) atoms. The average Bonchev–Trinajstić information content (AvgIpc) is 2.92. The molecule has 1 aliphatic carbocycles. The van der Waals surface area contributed by atoms with E-state index in [4.69, 9.17) is 4.52 Å². The molecular formula is C18H29N3O2. The van der Waals surface area contributed by atoms with E-state index >= 15 is 0 Å². The summed E-state index contributed by atoms with van der Waals surface area (Å²) in [6.07, 6.45) is 4.92. The van der Waals surface area contributed by atoms with Crippen molar-refractivity contribution in [2.24, 2.45) is 11.3 Å².